The quantitative estimate of drug-likeness (QED) is 0.798. The highest BCUT2D eigenvalue weighted by atomic mass is 32.2. The van der Waals surface area contributed by atoms with Crippen LogP contribution in [0.15, 0.2) is 42.5 Å². The predicted molar refractivity (Wildman–Crippen MR) is 108 cm³/mol. The molecule has 0 spiro atoms. The number of hydrogen-bond acceptors (Lipinski definition) is 3. The van der Waals surface area contributed by atoms with Crippen molar-refractivity contribution >= 4 is 27.3 Å². The Hall–Kier alpha value is -2.34. The van der Waals surface area contributed by atoms with Gasteiger partial charge in [-0.25, -0.2) is 8.42 Å². The molecule has 2 heterocycles. The van der Waals surface area contributed by atoms with Crippen LogP contribution in [0.25, 0.3) is 0 Å². The minimum atomic E-state index is -3.30. The fourth-order valence-corrected chi connectivity index (χ4v) is 5.09. The van der Waals surface area contributed by atoms with E-state index in [1.807, 2.05) is 29.2 Å². The number of fused-ring (bicyclic) bond motifs is 2. The molecule has 0 saturated heterocycles. The number of sulfonamides is 1. The van der Waals surface area contributed by atoms with Gasteiger partial charge >= 0.3 is 0 Å². The van der Waals surface area contributed by atoms with E-state index in [1.54, 1.807) is 12.1 Å². The van der Waals surface area contributed by atoms with E-state index in [0.717, 1.165) is 43.4 Å². The van der Waals surface area contributed by atoms with Gasteiger partial charge in [-0.05, 0) is 67.5 Å². The highest BCUT2D eigenvalue weighted by Crippen LogP contribution is 2.32. The second kappa shape index (κ2) is 7.00. The maximum absolute atomic E-state index is 13.3. The standard InChI is InChI=1S/C21H24N2O3S/c1-27(25,26)23-14-6-9-17-15-18(11-12-20(17)23)21(24)22-13-5-4-8-16-7-2-3-10-19(16)22/h2-3,7,10-12,15H,4-6,8-9,13-14H2,1H3. The Kier molecular flexibility index (Phi) is 4.68. The highest BCUT2D eigenvalue weighted by molar-refractivity contribution is 7.92. The van der Waals surface area contributed by atoms with Gasteiger partial charge in [0.1, 0.15) is 0 Å². The van der Waals surface area contributed by atoms with Crippen molar-refractivity contribution in [2.75, 3.05) is 28.6 Å². The van der Waals surface area contributed by atoms with E-state index in [0.29, 0.717) is 24.3 Å². The number of amides is 1. The van der Waals surface area contributed by atoms with Crippen LogP contribution in [-0.4, -0.2) is 33.7 Å². The molecule has 0 bridgehead atoms. The van der Waals surface area contributed by atoms with Crippen molar-refractivity contribution in [3.63, 3.8) is 0 Å². The van der Waals surface area contributed by atoms with Crippen LogP contribution in [-0.2, 0) is 22.9 Å². The fourth-order valence-electron chi connectivity index (χ4n) is 4.10. The van der Waals surface area contributed by atoms with Crippen LogP contribution >= 0.6 is 0 Å². The van der Waals surface area contributed by atoms with Gasteiger partial charge in [0.25, 0.3) is 5.91 Å². The summed E-state index contributed by atoms with van der Waals surface area (Å²) < 4.78 is 25.5. The summed E-state index contributed by atoms with van der Waals surface area (Å²) in [4.78, 5) is 15.1. The molecule has 0 saturated carbocycles. The van der Waals surface area contributed by atoms with E-state index in [1.165, 1.54) is 16.1 Å². The van der Waals surface area contributed by atoms with Crippen LogP contribution in [0, 0.1) is 0 Å². The van der Waals surface area contributed by atoms with E-state index in [-0.39, 0.29) is 5.91 Å². The second-order valence-electron chi connectivity index (χ2n) is 7.32. The summed E-state index contributed by atoms with van der Waals surface area (Å²) in [7, 11) is -3.30. The molecule has 0 aromatic heterocycles. The zero-order valence-electron chi connectivity index (χ0n) is 15.5. The van der Waals surface area contributed by atoms with Crippen molar-refractivity contribution in [2.24, 2.45) is 0 Å². The first-order valence-electron chi connectivity index (χ1n) is 9.45. The number of carbonyl (C=O) groups excluding carboxylic acids is 1. The van der Waals surface area contributed by atoms with Crippen molar-refractivity contribution in [1.82, 2.24) is 0 Å². The molecular formula is C21H24N2O3S. The Balaban J connectivity index is 1.70. The van der Waals surface area contributed by atoms with Crippen LogP contribution in [0.1, 0.15) is 40.7 Å². The number of aryl methyl sites for hydroxylation is 2. The van der Waals surface area contributed by atoms with Crippen molar-refractivity contribution in [3.05, 3.63) is 59.2 Å². The first-order chi connectivity index (χ1) is 12.9. The van der Waals surface area contributed by atoms with Crippen LogP contribution < -0.4 is 9.21 Å². The van der Waals surface area contributed by atoms with E-state index in [4.69, 9.17) is 0 Å². The molecule has 2 aromatic carbocycles. The van der Waals surface area contributed by atoms with Crippen LogP contribution in [0.2, 0.25) is 0 Å². The monoisotopic (exact) mass is 384 g/mol. The smallest absolute Gasteiger partial charge is 0.258 e. The molecule has 0 N–H and O–H groups in total. The molecule has 2 aliphatic heterocycles. The lowest BCUT2D eigenvalue weighted by Gasteiger charge is -2.30. The largest absolute Gasteiger partial charge is 0.308 e. The third kappa shape index (κ3) is 3.46. The molecule has 0 radical (unpaired) electrons. The summed E-state index contributed by atoms with van der Waals surface area (Å²) in [6, 6.07) is 13.5. The lowest BCUT2D eigenvalue weighted by atomic mass is 10.00. The average Bonchev–Trinajstić information content (AvgIpc) is 2.88. The van der Waals surface area contributed by atoms with Crippen LogP contribution in [0.5, 0.6) is 0 Å². The fraction of sp³-hybridized carbons (Fsp3) is 0.381. The minimum Gasteiger partial charge on any atom is -0.308 e. The summed E-state index contributed by atoms with van der Waals surface area (Å²) >= 11 is 0. The molecule has 4 rings (SSSR count). The number of benzene rings is 2. The van der Waals surface area contributed by atoms with E-state index < -0.39 is 10.0 Å². The van der Waals surface area contributed by atoms with E-state index in [9.17, 15) is 13.2 Å². The molecule has 142 valence electrons. The van der Waals surface area contributed by atoms with Gasteiger partial charge in [-0.15, -0.1) is 0 Å². The third-order valence-corrected chi connectivity index (χ3v) is 6.59. The molecule has 0 aliphatic carbocycles. The molecule has 0 fully saturated rings. The lowest BCUT2D eigenvalue weighted by Crippen LogP contribution is -2.35. The van der Waals surface area contributed by atoms with Gasteiger partial charge in [0.05, 0.1) is 11.9 Å². The maximum atomic E-state index is 13.3. The summed E-state index contributed by atoms with van der Waals surface area (Å²) in [6.07, 6.45) is 5.84. The lowest BCUT2D eigenvalue weighted by molar-refractivity contribution is 0.0987. The number of para-hydroxylation sites is 1. The SMILES string of the molecule is CS(=O)(=O)N1CCCc2cc(C(=O)N3CCCCc4ccccc43)ccc21. The number of nitrogens with zero attached hydrogens (tertiary/aromatic N) is 2. The number of hydrogen-bond donors (Lipinski definition) is 0. The highest BCUT2D eigenvalue weighted by Gasteiger charge is 2.27. The minimum absolute atomic E-state index is 0.0105. The topological polar surface area (TPSA) is 57.7 Å². The van der Waals surface area contributed by atoms with Crippen LogP contribution in [0.4, 0.5) is 11.4 Å². The van der Waals surface area contributed by atoms with Gasteiger partial charge in [-0.1, -0.05) is 18.2 Å². The van der Waals surface area contributed by atoms with Crippen molar-refractivity contribution in [3.8, 4) is 0 Å². The van der Waals surface area contributed by atoms with Crippen molar-refractivity contribution < 1.29 is 13.2 Å². The van der Waals surface area contributed by atoms with Crippen molar-refractivity contribution in [1.29, 1.82) is 0 Å². The zero-order chi connectivity index (χ0) is 19.0. The summed E-state index contributed by atoms with van der Waals surface area (Å²) in [5.74, 6) is -0.0105. The zero-order valence-corrected chi connectivity index (χ0v) is 16.3. The first kappa shape index (κ1) is 18.0. The van der Waals surface area contributed by atoms with E-state index >= 15 is 0 Å². The van der Waals surface area contributed by atoms with Gasteiger partial charge in [0, 0.05) is 24.3 Å². The second-order valence-corrected chi connectivity index (χ2v) is 9.23. The Bertz CT molecular complexity index is 985. The number of carbonyl (C=O) groups is 1. The van der Waals surface area contributed by atoms with Gasteiger partial charge in [0.2, 0.25) is 10.0 Å². The van der Waals surface area contributed by atoms with Gasteiger partial charge in [-0.2, -0.15) is 0 Å². The summed E-state index contributed by atoms with van der Waals surface area (Å²) in [6.45, 7) is 1.21. The third-order valence-electron chi connectivity index (χ3n) is 5.41. The normalized spacial score (nSPS) is 17.1. The Morgan fingerprint density at radius 2 is 1.67 bits per heavy atom. The van der Waals surface area contributed by atoms with E-state index in [2.05, 4.69) is 6.07 Å². The summed E-state index contributed by atoms with van der Waals surface area (Å²) in [5.41, 5.74) is 4.47. The summed E-state index contributed by atoms with van der Waals surface area (Å²) in [5, 5.41) is 0. The molecular weight excluding hydrogens is 360 g/mol. The molecule has 2 aliphatic rings. The number of rotatable bonds is 2. The Morgan fingerprint density at radius 1 is 0.889 bits per heavy atom. The number of anilines is 2. The molecule has 0 atom stereocenters. The Labute approximate surface area is 160 Å². The predicted octanol–water partition coefficient (Wildman–Crippen LogP) is 3.38. The molecule has 0 unspecified atom stereocenters. The molecule has 27 heavy (non-hydrogen) atoms. The van der Waals surface area contributed by atoms with Crippen molar-refractivity contribution in [2.45, 2.75) is 32.1 Å². The molecule has 2 aromatic rings. The van der Waals surface area contributed by atoms with Gasteiger partial charge < -0.3 is 4.90 Å². The molecule has 5 nitrogen and oxygen atoms in total. The van der Waals surface area contributed by atoms with Gasteiger partial charge in [0.15, 0.2) is 0 Å². The Morgan fingerprint density at radius 3 is 2.48 bits per heavy atom. The van der Waals surface area contributed by atoms with Gasteiger partial charge in [-0.3, -0.25) is 9.10 Å². The van der Waals surface area contributed by atoms with Crippen LogP contribution in [0.3, 0.4) is 0 Å². The first-order valence-corrected chi connectivity index (χ1v) is 11.3. The average molecular weight is 385 g/mol. The molecule has 6 heteroatoms. The molecule has 1 amide bonds. The maximum Gasteiger partial charge on any atom is 0.258 e.